The van der Waals surface area contributed by atoms with Crippen LogP contribution in [0.3, 0.4) is 0 Å². The van der Waals surface area contributed by atoms with Gasteiger partial charge in [0.05, 0.1) is 6.20 Å². The topological polar surface area (TPSA) is 183 Å². The molecule has 4 aromatic heterocycles. The summed E-state index contributed by atoms with van der Waals surface area (Å²) in [5.41, 5.74) is 8.58. The fourth-order valence-electron chi connectivity index (χ4n) is 1.40. The molecule has 1 aliphatic rings. The Bertz CT molecular complexity index is 801. The van der Waals surface area contributed by atoms with Gasteiger partial charge >= 0.3 is 0 Å². The largest absolute Gasteiger partial charge is 0.266 e. The molecule has 16 heteroatoms. The van der Waals surface area contributed by atoms with E-state index in [4.69, 9.17) is 0 Å². The number of benzene rings is 1. The zero-order valence-electron chi connectivity index (χ0n) is 14.8. The van der Waals surface area contributed by atoms with Crippen LogP contribution in [0, 0.1) is 0 Å². The molecule has 1 aromatic carbocycles. The van der Waals surface area contributed by atoms with E-state index in [1.54, 1.807) is 11.7 Å². The molecule has 0 bridgehead atoms. The van der Waals surface area contributed by atoms with Gasteiger partial charge in [-0.1, -0.05) is 21.8 Å². The number of aromatic amines is 2. The van der Waals surface area contributed by atoms with Crippen molar-refractivity contribution in [2.24, 2.45) is 10.3 Å². The van der Waals surface area contributed by atoms with Crippen molar-refractivity contribution in [1.29, 1.82) is 0 Å². The Morgan fingerprint density at radius 1 is 0.966 bits per heavy atom. The van der Waals surface area contributed by atoms with Gasteiger partial charge in [-0.05, 0) is 35.2 Å². The molecule has 5 aromatic rings. The molecule has 4 N–H and O–H groups in total. The molecule has 0 fully saturated rings. The summed E-state index contributed by atoms with van der Waals surface area (Å²) in [4.78, 5) is 7.19. The Hall–Kier alpha value is -3.76. The number of hydrogen-bond acceptors (Lipinski definition) is 14. The third kappa shape index (κ3) is 10.9. The Morgan fingerprint density at radius 2 is 1.83 bits per heavy atom. The van der Waals surface area contributed by atoms with Gasteiger partial charge in [0.15, 0.2) is 0 Å². The number of fused-ring (bicyclic) bond motifs is 1. The summed E-state index contributed by atoms with van der Waals surface area (Å²) in [7, 11) is 0. The van der Waals surface area contributed by atoms with Crippen LogP contribution in [0.1, 0.15) is 0 Å². The molecular weight excluding hydrogens is 416 g/mol. The van der Waals surface area contributed by atoms with Gasteiger partial charge in [0.25, 0.3) is 0 Å². The average Bonchev–Trinajstić information content (AvgIpc) is 3.65. The van der Waals surface area contributed by atoms with Crippen LogP contribution >= 0.6 is 23.1 Å². The van der Waals surface area contributed by atoms with E-state index in [0.29, 0.717) is 6.67 Å². The van der Waals surface area contributed by atoms with Gasteiger partial charge in [-0.25, -0.2) is 15.5 Å². The van der Waals surface area contributed by atoms with E-state index in [2.05, 4.69) is 70.8 Å². The highest BCUT2D eigenvalue weighted by Gasteiger charge is 1.90. The van der Waals surface area contributed by atoms with E-state index < -0.39 is 0 Å². The number of nitrogens with one attached hydrogen (secondary N) is 4. The van der Waals surface area contributed by atoms with E-state index in [0.717, 1.165) is 11.0 Å². The second kappa shape index (κ2) is 15.3. The molecular formula is C13H16N14S2. The Kier molecular flexibility index (Phi) is 11.4. The molecule has 0 atom stereocenters. The molecule has 0 radical (unpaired) electrons. The first-order valence-electron chi connectivity index (χ1n) is 7.75. The maximum absolute atomic E-state index is 3.88. The lowest BCUT2D eigenvalue weighted by Gasteiger charge is -1.78. The van der Waals surface area contributed by atoms with Gasteiger partial charge in [-0.15, -0.1) is 5.10 Å². The van der Waals surface area contributed by atoms with Crippen molar-refractivity contribution < 1.29 is 0 Å². The normalized spacial score (nSPS) is 10.6. The SMILES string of the molecule is C1N=NNN1.c1ccc2n[nH]nc2c1.c1csnn1.c1nc[nH]n1.c1ncsn1. The summed E-state index contributed by atoms with van der Waals surface area (Å²) in [5.74, 6) is 0. The monoisotopic (exact) mass is 432 g/mol. The first kappa shape index (κ1) is 21.5. The van der Waals surface area contributed by atoms with Gasteiger partial charge in [-0.2, -0.15) is 35.4 Å². The summed E-state index contributed by atoms with van der Waals surface area (Å²) in [5, 5.41) is 28.4. The third-order valence-electron chi connectivity index (χ3n) is 2.47. The Morgan fingerprint density at radius 3 is 2.14 bits per heavy atom. The molecule has 5 heterocycles. The first-order chi connectivity index (χ1) is 14.5. The summed E-state index contributed by atoms with van der Waals surface area (Å²) in [6.07, 6.45) is 6.13. The summed E-state index contributed by atoms with van der Waals surface area (Å²) in [6.45, 7) is 0.597. The highest BCUT2D eigenvalue weighted by Crippen LogP contribution is 2.03. The van der Waals surface area contributed by atoms with Gasteiger partial charge in [-0.3, -0.25) is 5.10 Å². The molecule has 0 unspecified atom stereocenters. The lowest BCUT2D eigenvalue weighted by Crippen LogP contribution is -2.19. The zero-order chi connectivity index (χ0) is 20.2. The number of aromatic nitrogens is 10. The number of nitrogens with zero attached hydrogens (tertiary/aromatic N) is 10. The van der Waals surface area contributed by atoms with Crippen LogP contribution < -0.4 is 11.0 Å². The molecule has 0 saturated carbocycles. The minimum Gasteiger partial charge on any atom is -0.266 e. The Balaban J connectivity index is 0.000000133. The maximum Gasteiger partial charge on any atom is 0.137 e. The fraction of sp³-hybridized carbons (Fsp3) is 0.0769. The van der Waals surface area contributed by atoms with E-state index >= 15 is 0 Å². The van der Waals surface area contributed by atoms with Crippen molar-refractivity contribution in [3.63, 3.8) is 0 Å². The molecule has 14 nitrogen and oxygen atoms in total. The van der Waals surface area contributed by atoms with Crippen molar-refractivity contribution >= 4 is 34.1 Å². The van der Waals surface area contributed by atoms with Gasteiger partial charge in [0, 0.05) is 5.38 Å². The lowest BCUT2D eigenvalue weighted by molar-refractivity contribution is 0.651. The Labute approximate surface area is 172 Å². The zero-order valence-corrected chi connectivity index (χ0v) is 16.4. The second-order valence-corrected chi connectivity index (χ2v) is 5.60. The van der Waals surface area contributed by atoms with Crippen molar-refractivity contribution in [3.8, 4) is 0 Å². The number of hydrazine groups is 1. The molecule has 0 spiro atoms. The summed E-state index contributed by atoms with van der Waals surface area (Å²) >= 11 is 2.70. The minimum absolute atomic E-state index is 0.597. The number of hydrogen-bond donors (Lipinski definition) is 4. The quantitative estimate of drug-likeness (QED) is 0.278. The lowest BCUT2D eigenvalue weighted by atomic mass is 10.3. The smallest absolute Gasteiger partial charge is 0.137 e. The van der Waals surface area contributed by atoms with Crippen LogP contribution in [-0.4, -0.2) is 56.2 Å². The van der Waals surface area contributed by atoms with E-state index in [9.17, 15) is 0 Å². The van der Waals surface area contributed by atoms with Crippen LogP contribution in [0.25, 0.3) is 11.0 Å². The van der Waals surface area contributed by atoms with Crippen molar-refractivity contribution in [2.45, 2.75) is 0 Å². The van der Waals surface area contributed by atoms with E-state index in [-0.39, 0.29) is 0 Å². The molecule has 0 aliphatic carbocycles. The van der Waals surface area contributed by atoms with Crippen LogP contribution in [0.4, 0.5) is 0 Å². The summed E-state index contributed by atoms with van der Waals surface area (Å²) in [6, 6.07) is 7.70. The summed E-state index contributed by atoms with van der Waals surface area (Å²) < 4.78 is 7.17. The third-order valence-corrected chi connectivity index (χ3v) is 3.33. The predicted molar refractivity (Wildman–Crippen MR) is 106 cm³/mol. The molecule has 0 saturated heterocycles. The van der Waals surface area contributed by atoms with Crippen molar-refractivity contribution in [1.82, 2.24) is 60.5 Å². The van der Waals surface area contributed by atoms with Crippen LogP contribution in [-0.2, 0) is 0 Å². The van der Waals surface area contributed by atoms with Gasteiger partial charge < -0.3 is 0 Å². The van der Waals surface area contributed by atoms with Crippen LogP contribution in [0.2, 0.25) is 0 Å². The predicted octanol–water partition coefficient (Wildman–Crippen LogP) is 1.26. The molecule has 6 rings (SSSR count). The maximum atomic E-state index is 3.88. The molecule has 150 valence electrons. The highest BCUT2D eigenvalue weighted by molar-refractivity contribution is 7.03. The van der Waals surface area contributed by atoms with E-state index in [1.165, 1.54) is 42.0 Å². The van der Waals surface area contributed by atoms with Gasteiger partial charge in [0.1, 0.15) is 42.2 Å². The molecule has 29 heavy (non-hydrogen) atoms. The number of rotatable bonds is 0. The highest BCUT2D eigenvalue weighted by atomic mass is 32.1. The number of para-hydroxylation sites is 2. The van der Waals surface area contributed by atoms with Crippen LogP contribution in [0.5, 0.6) is 0 Å². The van der Waals surface area contributed by atoms with Crippen molar-refractivity contribution in [3.05, 3.63) is 60.3 Å². The van der Waals surface area contributed by atoms with E-state index in [1.807, 2.05) is 29.6 Å². The number of H-pyrrole nitrogens is 2. The molecule has 0 amide bonds. The average molecular weight is 433 g/mol. The van der Waals surface area contributed by atoms with Crippen LogP contribution in [0.15, 0.2) is 70.7 Å². The minimum atomic E-state index is 0.597. The molecule has 1 aliphatic heterocycles. The first-order valence-corrected chi connectivity index (χ1v) is 9.43. The standard InChI is InChI=1S/C6H5N3.C2H3N3.2C2H2N2S.CH4N4/c1-2-4-6-5(3-1)7-9-8-6;2*1-3-2-5-4-1;1-2-5-4-3-1;1-2-4-5-3-1/h1-4H,(H,7,8,9);1-2H,(H,3,4,5);2*1-2H;1H2,(H,2,5)(H,3,4). The fourth-order valence-corrected chi connectivity index (χ4v) is 1.95. The second-order valence-electron chi connectivity index (χ2n) is 4.32. The van der Waals surface area contributed by atoms with Crippen molar-refractivity contribution in [2.75, 3.05) is 6.67 Å². The van der Waals surface area contributed by atoms with Gasteiger partial charge in [0.2, 0.25) is 0 Å².